The molecule has 0 aromatic heterocycles. The van der Waals surface area contributed by atoms with Gasteiger partial charge in [0.1, 0.15) is 0 Å². The van der Waals surface area contributed by atoms with Crippen molar-refractivity contribution in [3.63, 3.8) is 0 Å². The average molecular weight is 260 g/mol. The molecule has 0 spiro atoms. The quantitative estimate of drug-likeness (QED) is 0.756. The monoisotopic (exact) mass is 260 g/mol. The van der Waals surface area contributed by atoms with Crippen LogP contribution in [0.25, 0.3) is 0 Å². The smallest absolute Gasteiger partial charge is 0.231 e. The van der Waals surface area contributed by atoms with Gasteiger partial charge in [-0.2, -0.15) is 0 Å². The Morgan fingerprint density at radius 2 is 2.00 bits per heavy atom. The first-order valence-corrected chi connectivity index (χ1v) is 6.85. The molecule has 102 valence electrons. The Balaban J connectivity index is 1.91. The van der Waals surface area contributed by atoms with E-state index in [9.17, 15) is 0 Å². The summed E-state index contributed by atoms with van der Waals surface area (Å²) in [4.78, 5) is 0. The molecule has 1 fully saturated rings. The maximum atomic E-state index is 6.15. The predicted octanol–water partition coefficient (Wildman–Crippen LogP) is 3.85. The number of hydrogen-bond acceptors (Lipinski definition) is 3. The van der Waals surface area contributed by atoms with Crippen LogP contribution in [-0.2, 0) is 4.74 Å². The molecule has 3 atom stereocenters. The van der Waals surface area contributed by atoms with Gasteiger partial charge in [0.15, 0.2) is 11.5 Å². The first-order chi connectivity index (χ1) is 9.15. The second kappa shape index (κ2) is 4.89. The summed E-state index contributed by atoms with van der Waals surface area (Å²) in [5.74, 6) is 2.02. The maximum Gasteiger partial charge on any atom is 0.231 e. The van der Waals surface area contributed by atoms with Crippen molar-refractivity contribution in [2.45, 2.75) is 38.9 Å². The second-order valence-corrected chi connectivity index (χ2v) is 5.51. The van der Waals surface area contributed by atoms with Crippen LogP contribution in [0.3, 0.4) is 0 Å². The average Bonchev–Trinajstić information content (AvgIpc) is 2.85. The van der Waals surface area contributed by atoms with Crippen molar-refractivity contribution in [3.8, 4) is 11.5 Å². The first-order valence-electron chi connectivity index (χ1n) is 6.85. The van der Waals surface area contributed by atoms with Crippen molar-refractivity contribution in [2.24, 2.45) is 5.92 Å². The van der Waals surface area contributed by atoms with Gasteiger partial charge in [-0.1, -0.05) is 18.2 Å². The minimum atomic E-state index is 0.0794. The van der Waals surface area contributed by atoms with E-state index in [0.717, 1.165) is 29.9 Å². The van der Waals surface area contributed by atoms with Crippen molar-refractivity contribution >= 4 is 0 Å². The summed E-state index contributed by atoms with van der Waals surface area (Å²) < 4.78 is 17.0. The van der Waals surface area contributed by atoms with E-state index >= 15 is 0 Å². The molecule has 0 amide bonds. The molecule has 3 heteroatoms. The van der Waals surface area contributed by atoms with Crippen LogP contribution >= 0.6 is 0 Å². The first kappa shape index (κ1) is 12.5. The lowest BCUT2D eigenvalue weighted by Crippen LogP contribution is -2.28. The molecule has 1 saturated heterocycles. The normalized spacial score (nSPS) is 29.3. The summed E-state index contributed by atoms with van der Waals surface area (Å²) in [6.07, 6.45) is 2.61. The van der Waals surface area contributed by atoms with Crippen LogP contribution in [0.5, 0.6) is 11.5 Å². The Kier molecular flexibility index (Phi) is 3.23. The standard InChI is InChI=1S/C16H20O3/c1-10(2)13-6-4-11(3)19-16(13)12-5-7-14-15(8-12)18-9-17-14/h5,7-8,11,13,16H,1,4,6,9H2,2-3H3/t11-,13-,16-/m0/s1. The zero-order chi connectivity index (χ0) is 13.4. The van der Waals surface area contributed by atoms with Crippen LogP contribution in [0.4, 0.5) is 0 Å². The largest absolute Gasteiger partial charge is 0.454 e. The zero-order valence-electron chi connectivity index (χ0n) is 11.5. The highest BCUT2D eigenvalue weighted by atomic mass is 16.7. The van der Waals surface area contributed by atoms with Crippen LogP contribution in [0.2, 0.25) is 0 Å². The molecule has 19 heavy (non-hydrogen) atoms. The van der Waals surface area contributed by atoms with Gasteiger partial charge < -0.3 is 14.2 Å². The molecule has 0 N–H and O–H groups in total. The molecule has 0 saturated carbocycles. The third-order valence-electron chi connectivity index (χ3n) is 3.99. The Morgan fingerprint density at radius 1 is 1.21 bits per heavy atom. The van der Waals surface area contributed by atoms with E-state index in [4.69, 9.17) is 14.2 Å². The fourth-order valence-corrected chi connectivity index (χ4v) is 2.88. The highest BCUT2D eigenvalue weighted by Crippen LogP contribution is 2.42. The van der Waals surface area contributed by atoms with Gasteiger partial charge in [-0.15, -0.1) is 0 Å². The highest BCUT2D eigenvalue weighted by molar-refractivity contribution is 5.45. The number of ether oxygens (including phenoxy) is 3. The van der Waals surface area contributed by atoms with Gasteiger partial charge in [0, 0.05) is 5.92 Å². The second-order valence-electron chi connectivity index (χ2n) is 5.51. The van der Waals surface area contributed by atoms with Crippen LogP contribution in [-0.4, -0.2) is 12.9 Å². The number of hydrogen-bond donors (Lipinski definition) is 0. The van der Waals surface area contributed by atoms with Crippen molar-refractivity contribution in [1.29, 1.82) is 0 Å². The number of fused-ring (bicyclic) bond motifs is 1. The van der Waals surface area contributed by atoms with E-state index in [1.165, 1.54) is 5.57 Å². The molecular formula is C16H20O3. The van der Waals surface area contributed by atoms with E-state index in [1.54, 1.807) is 0 Å². The third kappa shape index (κ3) is 2.35. The SMILES string of the molecule is C=C(C)[C@@H]1CC[C@H](C)O[C@H]1c1ccc2c(c1)OCO2. The van der Waals surface area contributed by atoms with Crippen molar-refractivity contribution in [2.75, 3.05) is 6.79 Å². The molecule has 0 bridgehead atoms. The van der Waals surface area contributed by atoms with Gasteiger partial charge in [-0.3, -0.25) is 0 Å². The van der Waals surface area contributed by atoms with Crippen LogP contribution in [0, 0.1) is 5.92 Å². The summed E-state index contributed by atoms with van der Waals surface area (Å²) in [5.41, 5.74) is 2.35. The van der Waals surface area contributed by atoms with Gasteiger partial charge in [0.2, 0.25) is 6.79 Å². The lowest BCUT2D eigenvalue weighted by atomic mass is 9.83. The van der Waals surface area contributed by atoms with Gasteiger partial charge in [-0.05, 0) is 44.4 Å². The van der Waals surface area contributed by atoms with Gasteiger partial charge in [0.25, 0.3) is 0 Å². The molecule has 3 rings (SSSR count). The van der Waals surface area contributed by atoms with Crippen LogP contribution < -0.4 is 9.47 Å². The minimum absolute atomic E-state index is 0.0794. The van der Waals surface area contributed by atoms with E-state index in [2.05, 4.69) is 26.5 Å². The summed E-state index contributed by atoms with van der Waals surface area (Å²) >= 11 is 0. The summed E-state index contributed by atoms with van der Waals surface area (Å²) in [7, 11) is 0. The summed E-state index contributed by atoms with van der Waals surface area (Å²) in [6, 6.07) is 6.09. The topological polar surface area (TPSA) is 27.7 Å². The molecule has 1 aromatic rings. The maximum absolute atomic E-state index is 6.15. The molecule has 2 aliphatic rings. The van der Waals surface area contributed by atoms with Gasteiger partial charge >= 0.3 is 0 Å². The van der Waals surface area contributed by atoms with Crippen molar-refractivity contribution < 1.29 is 14.2 Å². The molecule has 0 aliphatic carbocycles. The third-order valence-corrected chi connectivity index (χ3v) is 3.99. The zero-order valence-corrected chi connectivity index (χ0v) is 11.5. The molecular weight excluding hydrogens is 240 g/mol. The van der Waals surface area contributed by atoms with Gasteiger partial charge in [-0.25, -0.2) is 0 Å². The molecule has 1 aromatic carbocycles. The Hall–Kier alpha value is -1.48. The van der Waals surface area contributed by atoms with Gasteiger partial charge in [0.05, 0.1) is 12.2 Å². The lowest BCUT2D eigenvalue weighted by Gasteiger charge is -2.36. The predicted molar refractivity (Wildman–Crippen MR) is 73.4 cm³/mol. The van der Waals surface area contributed by atoms with E-state index < -0.39 is 0 Å². The van der Waals surface area contributed by atoms with Crippen LogP contribution in [0.15, 0.2) is 30.4 Å². The molecule has 2 heterocycles. The van der Waals surface area contributed by atoms with Crippen molar-refractivity contribution in [1.82, 2.24) is 0 Å². The fourth-order valence-electron chi connectivity index (χ4n) is 2.88. The molecule has 3 nitrogen and oxygen atoms in total. The Morgan fingerprint density at radius 3 is 2.79 bits per heavy atom. The lowest BCUT2D eigenvalue weighted by molar-refractivity contribution is -0.0672. The Bertz CT molecular complexity index is 495. The molecule has 0 radical (unpaired) electrons. The fraction of sp³-hybridized carbons (Fsp3) is 0.500. The highest BCUT2D eigenvalue weighted by Gasteiger charge is 2.32. The summed E-state index contributed by atoms with van der Waals surface area (Å²) in [5, 5.41) is 0. The van der Waals surface area contributed by atoms with E-state index in [-0.39, 0.29) is 6.10 Å². The van der Waals surface area contributed by atoms with Crippen LogP contribution in [0.1, 0.15) is 38.4 Å². The van der Waals surface area contributed by atoms with Crippen molar-refractivity contribution in [3.05, 3.63) is 35.9 Å². The van der Waals surface area contributed by atoms with E-state index in [0.29, 0.717) is 18.8 Å². The summed E-state index contributed by atoms with van der Waals surface area (Å²) in [6.45, 7) is 8.65. The molecule has 2 aliphatic heterocycles. The number of rotatable bonds is 2. The number of benzene rings is 1. The molecule has 0 unspecified atom stereocenters. The van der Waals surface area contributed by atoms with E-state index in [1.807, 2.05) is 12.1 Å². The minimum Gasteiger partial charge on any atom is -0.454 e. The Labute approximate surface area is 114 Å².